The number of amides is 1. The lowest BCUT2D eigenvalue weighted by Gasteiger charge is -2.20. The van der Waals surface area contributed by atoms with Crippen LogP contribution in [-0.4, -0.2) is 51.2 Å². The first kappa shape index (κ1) is 22.1. The summed E-state index contributed by atoms with van der Waals surface area (Å²) in [5.41, 5.74) is 2.39. The van der Waals surface area contributed by atoms with Crippen molar-refractivity contribution in [3.05, 3.63) is 52.6 Å². The molecule has 1 unspecified atom stereocenters. The molecule has 10 heteroatoms. The van der Waals surface area contributed by atoms with E-state index in [0.717, 1.165) is 5.69 Å². The Hall–Kier alpha value is -3.10. The molecule has 4 rings (SSSR count). The number of carboxylic acid groups (broad SMARTS) is 1. The predicted octanol–water partition coefficient (Wildman–Crippen LogP) is 5.22. The lowest BCUT2D eigenvalue weighted by atomic mass is 10.1. The van der Waals surface area contributed by atoms with Gasteiger partial charge in [-0.15, -0.1) is 0 Å². The molecule has 1 fully saturated rings. The van der Waals surface area contributed by atoms with Gasteiger partial charge >= 0.3 is 6.09 Å². The van der Waals surface area contributed by atoms with Crippen molar-refractivity contribution >= 4 is 40.8 Å². The number of likely N-dealkylation sites (tertiary alicyclic amines) is 1. The largest absolute Gasteiger partial charge is 0.465 e. The number of hydrogen-bond donors (Lipinski definition) is 2. The highest BCUT2D eigenvalue weighted by Gasteiger charge is 2.33. The summed E-state index contributed by atoms with van der Waals surface area (Å²) in [6.07, 6.45) is 2.09. The molecule has 1 amide bonds. The van der Waals surface area contributed by atoms with E-state index in [0.29, 0.717) is 58.7 Å². The molecular formula is C22H20Cl2N4O4. The maximum absolute atomic E-state index is 12.4. The first-order valence-corrected chi connectivity index (χ1v) is 10.8. The number of hydrogen-bond acceptors (Lipinski definition) is 6. The third-order valence-corrected chi connectivity index (χ3v) is 5.94. The van der Waals surface area contributed by atoms with E-state index in [1.54, 1.807) is 42.6 Å². The minimum absolute atomic E-state index is 0.0804. The van der Waals surface area contributed by atoms with E-state index in [1.807, 2.05) is 0 Å². The number of Topliss-reactive ketones (excluding diaryl/α,β-unsaturated/α-hetero) is 1. The molecule has 1 aliphatic heterocycles. The van der Waals surface area contributed by atoms with Gasteiger partial charge in [-0.2, -0.15) is 0 Å². The van der Waals surface area contributed by atoms with Gasteiger partial charge in [0, 0.05) is 43.0 Å². The van der Waals surface area contributed by atoms with Crippen LogP contribution in [0.5, 0.6) is 0 Å². The van der Waals surface area contributed by atoms with Gasteiger partial charge in [0.05, 0.1) is 16.1 Å². The van der Waals surface area contributed by atoms with Gasteiger partial charge in [0.2, 0.25) is 0 Å². The van der Waals surface area contributed by atoms with Crippen LogP contribution in [0.3, 0.4) is 0 Å². The summed E-state index contributed by atoms with van der Waals surface area (Å²) >= 11 is 12.5. The molecule has 3 aromatic rings. The van der Waals surface area contributed by atoms with E-state index in [2.05, 4.69) is 15.5 Å². The quantitative estimate of drug-likeness (QED) is 0.482. The van der Waals surface area contributed by atoms with Crippen molar-refractivity contribution in [1.29, 1.82) is 0 Å². The molecule has 166 valence electrons. The smallest absolute Gasteiger partial charge is 0.407 e. The van der Waals surface area contributed by atoms with E-state index in [9.17, 15) is 14.7 Å². The zero-order valence-corrected chi connectivity index (χ0v) is 18.4. The number of carbonyl (C=O) groups excluding carboxylic acids is 1. The average molecular weight is 475 g/mol. The zero-order chi connectivity index (χ0) is 22.7. The zero-order valence-electron chi connectivity index (χ0n) is 16.9. The van der Waals surface area contributed by atoms with Crippen LogP contribution in [0.2, 0.25) is 10.0 Å². The van der Waals surface area contributed by atoms with Crippen molar-refractivity contribution in [2.24, 2.45) is 0 Å². The Morgan fingerprint density at radius 1 is 1.19 bits per heavy atom. The number of halogens is 2. The summed E-state index contributed by atoms with van der Waals surface area (Å²) < 4.78 is 5.44. The van der Waals surface area contributed by atoms with Gasteiger partial charge in [-0.3, -0.25) is 14.7 Å². The predicted molar refractivity (Wildman–Crippen MR) is 121 cm³/mol. The fourth-order valence-electron chi connectivity index (χ4n) is 3.76. The lowest BCUT2D eigenvalue weighted by molar-refractivity contribution is -0.122. The molecule has 2 N–H and O–H groups in total. The molecule has 0 radical (unpaired) electrons. The fourth-order valence-corrected chi connectivity index (χ4v) is 4.35. The maximum Gasteiger partial charge on any atom is 0.407 e. The van der Waals surface area contributed by atoms with Crippen molar-refractivity contribution in [2.75, 3.05) is 18.4 Å². The minimum atomic E-state index is -1.04. The number of aromatic nitrogens is 2. The van der Waals surface area contributed by atoms with Crippen molar-refractivity contribution in [1.82, 2.24) is 15.0 Å². The summed E-state index contributed by atoms with van der Waals surface area (Å²) in [6, 6.07) is 9.92. The molecule has 1 saturated heterocycles. The van der Waals surface area contributed by atoms with Gasteiger partial charge in [-0.25, -0.2) is 4.79 Å². The molecule has 1 aromatic carbocycles. The third kappa shape index (κ3) is 4.71. The second kappa shape index (κ2) is 9.58. The van der Waals surface area contributed by atoms with Crippen LogP contribution in [0.1, 0.15) is 19.3 Å². The normalized spacial score (nSPS) is 15.7. The molecule has 2 aromatic heterocycles. The topological polar surface area (TPSA) is 109 Å². The summed E-state index contributed by atoms with van der Waals surface area (Å²) in [5.74, 6) is 0.363. The Morgan fingerprint density at radius 3 is 2.72 bits per heavy atom. The molecule has 0 spiro atoms. The molecule has 1 atom stereocenters. The van der Waals surface area contributed by atoms with Gasteiger partial charge in [-0.1, -0.05) is 34.4 Å². The Morgan fingerprint density at radius 2 is 1.97 bits per heavy atom. The number of anilines is 1. The minimum Gasteiger partial charge on any atom is -0.465 e. The van der Waals surface area contributed by atoms with Gasteiger partial charge in [0.15, 0.2) is 11.5 Å². The third-order valence-electron chi connectivity index (χ3n) is 5.31. The van der Waals surface area contributed by atoms with E-state index >= 15 is 0 Å². The molecule has 3 heterocycles. The first-order chi connectivity index (χ1) is 15.4. The van der Waals surface area contributed by atoms with Gasteiger partial charge in [0.1, 0.15) is 11.4 Å². The Labute approximate surface area is 194 Å². The van der Waals surface area contributed by atoms with Crippen LogP contribution in [0.25, 0.3) is 22.7 Å². The molecular weight excluding hydrogens is 455 g/mol. The molecule has 0 bridgehead atoms. The Balaban J connectivity index is 1.41. The van der Waals surface area contributed by atoms with E-state index in [-0.39, 0.29) is 12.2 Å². The SMILES string of the molecule is O=C(CCNc1ccnc(-c2cc(-c3c(Cl)cccc3Cl)no2)c1)C1CCCN1C(=O)O. The van der Waals surface area contributed by atoms with E-state index in [1.165, 1.54) is 4.90 Å². The van der Waals surface area contributed by atoms with Crippen LogP contribution in [-0.2, 0) is 4.79 Å². The summed E-state index contributed by atoms with van der Waals surface area (Å²) in [7, 11) is 0. The summed E-state index contributed by atoms with van der Waals surface area (Å²) in [6.45, 7) is 0.786. The molecule has 8 nitrogen and oxygen atoms in total. The highest BCUT2D eigenvalue weighted by Crippen LogP contribution is 2.35. The molecule has 0 saturated carbocycles. The summed E-state index contributed by atoms with van der Waals surface area (Å²) in [5, 5.41) is 17.4. The van der Waals surface area contributed by atoms with E-state index < -0.39 is 12.1 Å². The van der Waals surface area contributed by atoms with Crippen molar-refractivity contribution in [3.8, 4) is 22.7 Å². The lowest BCUT2D eigenvalue weighted by Crippen LogP contribution is -2.40. The average Bonchev–Trinajstić information content (AvgIpc) is 3.44. The standard InChI is InChI=1S/C22H20Cl2N4O4/c23-14-3-1-4-15(24)21(14)17-12-20(32-27-17)16-11-13(6-8-26-16)25-9-7-19(29)18-5-2-10-28(18)22(30)31/h1,3-4,6,8,11-12,18H,2,5,7,9-10H2,(H,25,26)(H,30,31). The monoisotopic (exact) mass is 474 g/mol. The summed E-state index contributed by atoms with van der Waals surface area (Å²) in [4.78, 5) is 29.2. The second-order valence-corrected chi connectivity index (χ2v) is 8.19. The molecule has 1 aliphatic rings. The van der Waals surface area contributed by atoms with Gasteiger partial charge in [0.25, 0.3) is 0 Å². The Bertz CT molecular complexity index is 1130. The number of pyridine rings is 1. The Kier molecular flexibility index (Phi) is 6.62. The van der Waals surface area contributed by atoms with Crippen molar-refractivity contribution in [2.45, 2.75) is 25.3 Å². The highest BCUT2D eigenvalue weighted by molar-refractivity contribution is 6.39. The van der Waals surface area contributed by atoms with Crippen molar-refractivity contribution < 1.29 is 19.2 Å². The van der Waals surface area contributed by atoms with Crippen LogP contribution in [0.15, 0.2) is 47.1 Å². The van der Waals surface area contributed by atoms with Crippen LogP contribution in [0.4, 0.5) is 10.5 Å². The number of nitrogens with zero attached hydrogens (tertiary/aromatic N) is 3. The van der Waals surface area contributed by atoms with Gasteiger partial charge < -0.3 is 14.9 Å². The number of nitrogens with one attached hydrogen (secondary N) is 1. The van der Waals surface area contributed by atoms with Crippen LogP contribution < -0.4 is 5.32 Å². The first-order valence-electron chi connectivity index (χ1n) is 10.1. The molecule has 0 aliphatic carbocycles. The molecule has 32 heavy (non-hydrogen) atoms. The number of ketones is 1. The van der Waals surface area contributed by atoms with Gasteiger partial charge in [-0.05, 0) is 37.1 Å². The number of benzene rings is 1. The van der Waals surface area contributed by atoms with Crippen LogP contribution >= 0.6 is 23.2 Å². The van der Waals surface area contributed by atoms with Crippen molar-refractivity contribution in [3.63, 3.8) is 0 Å². The fraction of sp³-hybridized carbons (Fsp3) is 0.273. The van der Waals surface area contributed by atoms with Crippen LogP contribution in [0, 0.1) is 0 Å². The number of rotatable bonds is 7. The maximum atomic E-state index is 12.4. The number of carbonyl (C=O) groups is 2. The second-order valence-electron chi connectivity index (χ2n) is 7.38. The highest BCUT2D eigenvalue weighted by atomic mass is 35.5. The van der Waals surface area contributed by atoms with E-state index in [4.69, 9.17) is 27.7 Å².